The SMILES string of the molecule is CCCNC(CC1CCOCC1)C1CSCCS1. The molecule has 2 saturated heterocycles. The lowest BCUT2D eigenvalue weighted by Crippen LogP contribution is -2.43. The average molecular weight is 290 g/mol. The van der Waals surface area contributed by atoms with Crippen LogP contribution < -0.4 is 5.32 Å². The Morgan fingerprint density at radius 1 is 1.28 bits per heavy atom. The maximum absolute atomic E-state index is 5.48. The molecule has 0 bridgehead atoms. The first kappa shape index (κ1) is 15.0. The van der Waals surface area contributed by atoms with Gasteiger partial charge in [-0.25, -0.2) is 0 Å². The third kappa shape index (κ3) is 4.95. The monoisotopic (exact) mass is 289 g/mol. The van der Waals surface area contributed by atoms with Crippen LogP contribution in [-0.4, -0.2) is 48.3 Å². The van der Waals surface area contributed by atoms with Gasteiger partial charge in [-0.05, 0) is 38.1 Å². The van der Waals surface area contributed by atoms with Crippen LogP contribution in [0.4, 0.5) is 0 Å². The van der Waals surface area contributed by atoms with Crippen LogP contribution in [0.2, 0.25) is 0 Å². The molecular formula is C14H27NOS2. The van der Waals surface area contributed by atoms with Crippen LogP contribution in [0.3, 0.4) is 0 Å². The lowest BCUT2D eigenvalue weighted by Gasteiger charge is -2.34. The van der Waals surface area contributed by atoms with E-state index in [4.69, 9.17) is 4.74 Å². The highest BCUT2D eigenvalue weighted by atomic mass is 32.2. The smallest absolute Gasteiger partial charge is 0.0468 e. The maximum Gasteiger partial charge on any atom is 0.0468 e. The molecular weight excluding hydrogens is 262 g/mol. The Hall–Kier alpha value is 0.620. The van der Waals surface area contributed by atoms with Crippen molar-refractivity contribution in [3.05, 3.63) is 0 Å². The van der Waals surface area contributed by atoms with Crippen LogP contribution in [0, 0.1) is 5.92 Å². The molecule has 1 N–H and O–H groups in total. The van der Waals surface area contributed by atoms with Gasteiger partial charge in [-0.1, -0.05) is 6.92 Å². The van der Waals surface area contributed by atoms with E-state index >= 15 is 0 Å². The number of hydrogen-bond donors (Lipinski definition) is 1. The van der Waals surface area contributed by atoms with Gasteiger partial charge in [0.2, 0.25) is 0 Å². The van der Waals surface area contributed by atoms with Crippen LogP contribution in [0.1, 0.15) is 32.6 Å². The topological polar surface area (TPSA) is 21.3 Å². The van der Waals surface area contributed by atoms with Gasteiger partial charge in [0.05, 0.1) is 0 Å². The van der Waals surface area contributed by atoms with Gasteiger partial charge in [-0.15, -0.1) is 0 Å². The van der Waals surface area contributed by atoms with E-state index in [-0.39, 0.29) is 0 Å². The fourth-order valence-electron chi connectivity index (χ4n) is 2.78. The summed E-state index contributed by atoms with van der Waals surface area (Å²) in [5, 5.41) is 4.64. The second-order valence-electron chi connectivity index (χ2n) is 5.34. The summed E-state index contributed by atoms with van der Waals surface area (Å²) in [5.41, 5.74) is 0. The Balaban J connectivity index is 1.82. The van der Waals surface area contributed by atoms with Crippen molar-refractivity contribution >= 4 is 23.5 Å². The van der Waals surface area contributed by atoms with Gasteiger partial charge < -0.3 is 10.1 Å². The van der Waals surface area contributed by atoms with Crippen LogP contribution in [0.5, 0.6) is 0 Å². The standard InChI is InChI=1S/C14H27NOS2/c1-2-5-15-13(14-11-17-8-9-18-14)10-12-3-6-16-7-4-12/h12-15H,2-11H2,1H3. The zero-order chi connectivity index (χ0) is 12.6. The first-order valence-corrected chi connectivity index (χ1v) is 9.61. The molecule has 18 heavy (non-hydrogen) atoms. The average Bonchev–Trinajstić information content (AvgIpc) is 2.45. The quantitative estimate of drug-likeness (QED) is 0.811. The molecule has 0 aliphatic carbocycles. The van der Waals surface area contributed by atoms with Crippen LogP contribution in [0.15, 0.2) is 0 Å². The second-order valence-corrected chi connectivity index (χ2v) is 7.83. The van der Waals surface area contributed by atoms with E-state index in [0.717, 1.165) is 30.4 Å². The molecule has 2 nitrogen and oxygen atoms in total. The molecule has 2 aliphatic rings. The van der Waals surface area contributed by atoms with E-state index < -0.39 is 0 Å². The van der Waals surface area contributed by atoms with Crippen molar-refractivity contribution in [3.8, 4) is 0 Å². The zero-order valence-corrected chi connectivity index (χ0v) is 13.2. The van der Waals surface area contributed by atoms with E-state index in [1.165, 1.54) is 49.5 Å². The van der Waals surface area contributed by atoms with Crippen LogP contribution in [-0.2, 0) is 4.74 Å². The molecule has 4 heteroatoms. The molecule has 2 aliphatic heterocycles. The predicted molar refractivity (Wildman–Crippen MR) is 83.8 cm³/mol. The molecule has 0 amide bonds. The molecule has 0 aromatic rings. The Morgan fingerprint density at radius 2 is 2.11 bits per heavy atom. The molecule has 0 radical (unpaired) electrons. The van der Waals surface area contributed by atoms with Gasteiger partial charge >= 0.3 is 0 Å². The van der Waals surface area contributed by atoms with Gasteiger partial charge in [-0.2, -0.15) is 23.5 Å². The Kier molecular flexibility index (Phi) is 7.28. The molecule has 2 atom stereocenters. The molecule has 0 aromatic heterocycles. The normalized spacial score (nSPS) is 28.2. The molecule has 0 aromatic carbocycles. The Labute approximate surface area is 120 Å². The lowest BCUT2D eigenvalue weighted by atomic mass is 9.91. The summed E-state index contributed by atoms with van der Waals surface area (Å²) in [5.74, 6) is 4.92. The number of thioether (sulfide) groups is 2. The second kappa shape index (κ2) is 8.72. The maximum atomic E-state index is 5.48. The zero-order valence-electron chi connectivity index (χ0n) is 11.5. The summed E-state index contributed by atoms with van der Waals surface area (Å²) in [6.45, 7) is 5.41. The summed E-state index contributed by atoms with van der Waals surface area (Å²) in [4.78, 5) is 0. The van der Waals surface area contributed by atoms with Crippen LogP contribution >= 0.6 is 23.5 Å². The summed E-state index contributed by atoms with van der Waals surface area (Å²) >= 11 is 4.34. The van der Waals surface area contributed by atoms with Gasteiger partial charge in [0, 0.05) is 41.8 Å². The number of nitrogens with one attached hydrogen (secondary N) is 1. The van der Waals surface area contributed by atoms with Gasteiger partial charge in [-0.3, -0.25) is 0 Å². The summed E-state index contributed by atoms with van der Waals surface area (Å²) in [7, 11) is 0. The number of hydrogen-bond acceptors (Lipinski definition) is 4. The van der Waals surface area contributed by atoms with Crippen molar-refractivity contribution in [3.63, 3.8) is 0 Å². The van der Waals surface area contributed by atoms with E-state index in [2.05, 4.69) is 35.8 Å². The van der Waals surface area contributed by atoms with Crippen molar-refractivity contribution in [1.82, 2.24) is 5.32 Å². The summed E-state index contributed by atoms with van der Waals surface area (Å²) in [6, 6.07) is 0.728. The Bertz CT molecular complexity index is 216. The van der Waals surface area contributed by atoms with Gasteiger partial charge in [0.1, 0.15) is 0 Å². The summed E-state index contributed by atoms with van der Waals surface area (Å²) in [6.07, 6.45) is 5.15. The molecule has 0 saturated carbocycles. The summed E-state index contributed by atoms with van der Waals surface area (Å²) < 4.78 is 5.48. The Morgan fingerprint density at radius 3 is 2.78 bits per heavy atom. The third-order valence-electron chi connectivity index (χ3n) is 3.88. The fraction of sp³-hybridized carbons (Fsp3) is 1.00. The number of ether oxygens (including phenoxy) is 1. The predicted octanol–water partition coefficient (Wildman–Crippen LogP) is 3.02. The highest BCUT2D eigenvalue weighted by Crippen LogP contribution is 2.31. The van der Waals surface area contributed by atoms with E-state index in [9.17, 15) is 0 Å². The molecule has 2 fully saturated rings. The van der Waals surface area contributed by atoms with Crippen molar-refractivity contribution in [2.45, 2.75) is 43.9 Å². The minimum Gasteiger partial charge on any atom is -0.381 e. The highest BCUT2D eigenvalue weighted by Gasteiger charge is 2.27. The third-order valence-corrected chi connectivity index (χ3v) is 6.80. The lowest BCUT2D eigenvalue weighted by molar-refractivity contribution is 0.0606. The molecule has 0 spiro atoms. The first-order valence-electron chi connectivity index (χ1n) is 7.40. The highest BCUT2D eigenvalue weighted by molar-refractivity contribution is 8.06. The largest absolute Gasteiger partial charge is 0.381 e. The number of rotatable bonds is 6. The van der Waals surface area contributed by atoms with E-state index in [0.29, 0.717) is 0 Å². The molecule has 2 rings (SSSR count). The molecule has 106 valence electrons. The minimum absolute atomic E-state index is 0.728. The molecule has 2 heterocycles. The van der Waals surface area contributed by atoms with Crippen molar-refractivity contribution in [2.24, 2.45) is 5.92 Å². The van der Waals surface area contributed by atoms with Crippen molar-refractivity contribution in [1.29, 1.82) is 0 Å². The van der Waals surface area contributed by atoms with Crippen molar-refractivity contribution in [2.75, 3.05) is 37.0 Å². The van der Waals surface area contributed by atoms with E-state index in [1.807, 2.05) is 0 Å². The van der Waals surface area contributed by atoms with Crippen LogP contribution in [0.25, 0.3) is 0 Å². The fourth-order valence-corrected chi connectivity index (χ4v) is 5.68. The van der Waals surface area contributed by atoms with Crippen molar-refractivity contribution < 1.29 is 4.74 Å². The van der Waals surface area contributed by atoms with Gasteiger partial charge in [0.25, 0.3) is 0 Å². The molecule has 2 unspecified atom stereocenters. The first-order chi connectivity index (χ1) is 8.90. The van der Waals surface area contributed by atoms with E-state index in [1.54, 1.807) is 0 Å². The van der Waals surface area contributed by atoms with Gasteiger partial charge in [0.15, 0.2) is 0 Å². The minimum atomic E-state index is 0.728.